The molecule has 1 aliphatic rings. The number of thiazole rings is 1. The zero-order chi connectivity index (χ0) is 33.4. The number of rotatable bonds is 7. The summed E-state index contributed by atoms with van der Waals surface area (Å²) in [4.78, 5) is 38.2. The van der Waals surface area contributed by atoms with Gasteiger partial charge >= 0.3 is 6.18 Å². The van der Waals surface area contributed by atoms with Gasteiger partial charge in [0.05, 0.1) is 49.4 Å². The minimum Gasteiger partial charge on any atom is -0.496 e. The van der Waals surface area contributed by atoms with Gasteiger partial charge in [-0.1, -0.05) is 23.7 Å². The van der Waals surface area contributed by atoms with Crippen molar-refractivity contribution in [2.24, 2.45) is 0 Å². The van der Waals surface area contributed by atoms with Gasteiger partial charge in [-0.15, -0.1) is 11.3 Å². The van der Waals surface area contributed by atoms with Crippen molar-refractivity contribution in [2.45, 2.75) is 20.0 Å². The Morgan fingerprint density at radius 2 is 1.72 bits per heavy atom. The Hall–Kier alpha value is -4.47. The van der Waals surface area contributed by atoms with E-state index in [4.69, 9.17) is 25.8 Å². The van der Waals surface area contributed by atoms with E-state index in [2.05, 4.69) is 25.6 Å². The van der Waals surface area contributed by atoms with Crippen molar-refractivity contribution in [3.8, 4) is 22.8 Å². The van der Waals surface area contributed by atoms with E-state index in [1.165, 1.54) is 44.6 Å². The number of hydrogen-bond donors (Lipinski definition) is 2. The second kappa shape index (κ2) is 15.2. The summed E-state index contributed by atoms with van der Waals surface area (Å²) in [6.07, 6.45) is -2.88. The molecule has 2 N–H and O–H groups in total. The van der Waals surface area contributed by atoms with Gasteiger partial charge in [0, 0.05) is 42.7 Å². The maximum Gasteiger partial charge on any atom is 0.433 e. The predicted molar refractivity (Wildman–Crippen MR) is 169 cm³/mol. The number of nitrogens with one attached hydrogen (secondary N) is 2. The van der Waals surface area contributed by atoms with Gasteiger partial charge in [-0.05, 0) is 31.2 Å². The lowest BCUT2D eigenvalue weighted by atomic mass is 10.1. The van der Waals surface area contributed by atoms with Gasteiger partial charge in [0.2, 0.25) is 11.9 Å². The summed E-state index contributed by atoms with van der Waals surface area (Å²) in [6, 6.07) is 10.7. The Morgan fingerprint density at radius 3 is 2.33 bits per heavy atom. The number of para-hydroxylation sites is 1. The molecule has 0 aliphatic carbocycles. The Kier molecular flexibility index (Phi) is 11.4. The topological polar surface area (TPSA) is 128 Å². The van der Waals surface area contributed by atoms with E-state index in [1.807, 2.05) is 6.92 Å². The summed E-state index contributed by atoms with van der Waals surface area (Å²) in [6.45, 7) is 5.04. The van der Waals surface area contributed by atoms with Gasteiger partial charge in [-0.25, -0.2) is 15.0 Å². The number of carbonyl (C=O) groups is 2. The quantitative estimate of drug-likeness (QED) is 0.230. The van der Waals surface area contributed by atoms with Crippen molar-refractivity contribution in [3.05, 3.63) is 69.8 Å². The number of halogens is 4. The molecule has 4 aromatic rings. The molecular weight excluding hydrogens is 649 g/mol. The molecular formula is C30H30ClF3N6O5S. The molecule has 1 aliphatic heterocycles. The van der Waals surface area contributed by atoms with E-state index in [0.29, 0.717) is 54.2 Å². The van der Waals surface area contributed by atoms with Crippen LogP contribution < -0.4 is 25.0 Å². The Balaban J connectivity index is 0.000000210. The van der Waals surface area contributed by atoms with E-state index < -0.39 is 11.9 Å². The first-order valence-corrected chi connectivity index (χ1v) is 14.9. The SMILES string of the molecule is COc1cc(NC(C)=O)c(Cl)cc1C(=O)Nc1ncc(C)s1.COc1ccccc1-c1cc(C(F)(F)F)nc(N2CCOCC2)n1. The van der Waals surface area contributed by atoms with Gasteiger partial charge in [-0.2, -0.15) is 13.2 Å². The summed E-state index contributed by atoms with van der Waals surface area (Å²) < 4.78 is 55.4. The number of anilines is 3. The summed E-state index contributed by atoms with van der Waals surface area (Å²) in [5, 5.41) is 6.00. The number of aromatic nitrogens is 3. The fourth-order valence-corrected chi connectivity index (χ4v) is 5.11. The minimum absolute atomic E-state index is 0.0500. The molecule has 2 aromatic carbocycles. The van der Waals surface area contributed by atoms with Crippen LogP contribution in [0.2, 0.25) is 5.02 Å². The highest BCUT2D eigenvalue weighted by molar-refractivity contribution is 7.15. The molecule has 3 heterocycles. The second-order valence-electron chi connectivity index (χ2n) is 9.68. The highest BCUT2D eigenvalue weighted by atomic mass is 35.5. The van der Waals surface area contributed by atoms with Crippen LogP contribution in [0.25, 0.3) is 11.3 Å². The predicted octanol–water partition coefficient (Wildman–Crippen LogP) is 6.33. The van der Waals surface area contributed by atoms with Crippen LogP contribution >= 0.6 is 22.9 Å². The van der Waals surface area contributed by atoms with E-state index in [-0.39, 0.29) is 34.0 Å². The first kappa shape index (κ1) is 34.4. The molecule has 16 heteroatoms. The van der Waals surface area contributed by atoms with Crippen LogP contribution in [-0.4, -0.2) is 67.3 Å². The molecule has 2 amide bonds. The van der Waals surface area contributed by atoms with Crippen LogP contribution in [0.1, 0.15) is 27.9 Å². The van der Waals surface area contributed by atoms with Gasteiger partial charge in [0.1, 0.15) is 11.5 Å². The number of ether oxygens (including phenoxy) is 3. The maximum atomic E-state index is 13.2. The van der Waals surface area contributed by atoms with E-state index >= 15 is 0 Å². The molecule has 1 saturated heterocycles. The zero-order valence-corrected chi connectivity index (χ0v) is 26.8. The van der Waals surface area contributed by atoms with Crippen LogP contribution in [-0.2, 0) is 15.7 Å². The van der Waals surface area contributed by atoms with E-state index in [9.17, 15) is 22.8 Å². The smallest absolute Gasteiger partial charge is 0.433 e. The molecule has 1 fully saturated rings. The summed E-state index contributed by atoms with van der Waals surface area (Å²) in [7, 11) is 2.90. The molecule has 0 bridgehead atoms. The van der Waals surface area contributed by atoms with Gasteiger partial charge in [0.15, 0.2) is 10.8 Å². The molecule has 0 unspecified atom stereocenters. The summed E-state index contributed by atoms with van der Waals surface area (Å²) in [5.41, 5.74) is 0.334. The first-order chi connectivity index (χ1) is 21.9. The molecule has 0 spiro atoms. The lowest BCUT2D eigenvalue weighted by molar-refractivity contribution is -0.141. The Bertz CT molecular complexity index is 1700. The summed E-state index contributed by atoms with van der Waals surface area (Å²) in [5.74, 6) is 0.159. The molecule has 0 radical (unpaired) electrons. The van der Waals surface area contributed by atoms with Gasteiger partial charge in [-0.3, -0.25) is 14.9 Å². The van der Waals surface area contributed by atoms with Gasteiger partial charge < -0.3 is 24.4 Å². The molecule has 2 aromatic heterocycles. The lowest BCUT2D eigenvalue weighted by Gasteiger charge is -2.27. The van der Waals surface area contributed by atoms with Crippen LogP contribution in [0.4, 0.5) is 29.9 Å². The lowest BCUT2D eigenvalue weighted by Crippen LogP contribution is -2.37. The molecule has 11 nitrogen and oxygen atoms in total. The standard InChI is InChI=1S/C16H16F3N3O2.C14H14ClN3O3S/c1-23-13-5-3-2-4-11(13)12-10-14(16(17,18)19)21-15(20-12)22-6-8-24-9-7-22;1-7-6-16-14(22-7)18-13(20)9-4-10(15)11(17-8(2)19)5-12(9)21-3/h2-5,10H,6-9H2,1H3;4-6H,1-3H3,(H,17,19)(H,16,18,20). The largest absolute Gasteiger partial charge is 0.496 e. The minimum atomic E-state index is -4.55. The number of alkyl halides is 3. The van der Waals surface area contributed by atoms with Crippen molar-refractivity contribution >= 4 is 51.5 Å². The fraction of sp³-hybridized carbons (Fsp3) is 0.300. The number of methoxy groups -OCH3 is 2. The third kappa shape index (κ3) is 8.83. The maximum absolute atomic E-state index is 13.2. The van der Waals surface area contributed by atoms with Gasteiger partial charge in [0.25, 0.3) is 5.91 Å². The highest BCUT2D eigenvalue weighted by Crippen LogP contribution is 2.35. The van der Waals surface area contributed by atoms with Crippen LogP contribution in [0, 0.1) is 6.92 Å². The second-order valence-corrected chi connectivity index (χ2v) is 11.3. The number of aryl methyl sites for hydroxylation is 1. The summed E-state index contributed by atoms with van der Waals surface area (Å²) >= 11 is 7.46. The Labute approximate surface area is 271 Å². The average Bonchev–Trinajstić information content (AvgIpc) is 3.45. The van der Waals surface area contributed by atoms with Crippen molar-refractivity contribution in [3.63, 3.8) is 0 Å². The van der Waals surface area contributed by atoms with E-state index in [0.717, 1.165) is 10.9 Å². The highest BCUT2D eigenvalue weighted by Gasteiger charge is 2.35. The normalized spacial score (nSPS) is 12.9. The number of morpholine rings is 1. The molecule has 46 heavy (non-hydrogen) atoms. The fourth-order valence-electron chi connectivity index (χ4n) is 4.24. The van der Waals surface area contributed by atoms with Crippen molar-refractivity contribution in [1.29, 1.82) is 0 Å². The third-order valence-electron chi connectivity index (χ3n) is 6.37. The Morgan fingerprint density at radius 1 is 1.02 bits per heavy atom. The van der Waals surface area contributed by atoms with Crippen molar-refractivity contribution < 1.29 is 37.0 Å². The molecule has 0 saturated carbocycles. The van der Waals surface area contributed by atoms with Crippen molar-refractivity contribution in [2.75, 3.05) is 56.1 Å². The van der Waals surface area contributed by atoms with Crippen LogP contribution in [0.5, 0.6) is 11.5 Å². The third-order valence-corrected chi connectivity index (χ3v) is 7.51. The molecule has 0 atom stereocenters. The number of nitrogens with zero attached hydrogens (tertiary/aromatic N) is 4. The number of benzene rings is 2. The number of hydrogen-bond acceptors (Lipinski definition) is 10. The van der Waals surface area contributed by atoms with E-state index in [1.54, 1.807) is 35.4 Å². The molecule has 5 rings (SSSR count). The zero-order valence-electron chi connectivity index (χ0n) is 25.2. The average molecular weight is 679 g/mol. The monoisotopic (exact) mass is 678 g/mol. The van der Waals surface area contributed by atoms with Crippen LogP contribution in [0.3, 0.4) is 0 Å². The number of amides is 2. The van der Waals surface area contributed by atoms with Crippen molar-refractivity contribution in [1.82, 2.24) is 15.0 Å². The number of carbonyl (C=O) groups excluding carboxylic acids is 2. The first-order valence-electron chi connectivity index (χ1n) is 13.7. The van der Waals surface area contributed by atoms with Crippen LogP contribution in [0.15, 0.2) is 48.7 Å². The molecule has 244 valence electrons.